The molecule has 0 aliphatic rings. The normalized spacial score (nSPS) is 8.67. The summed E-state index contributed by atoms with van der Waals surface area (Å²) in [4.78, 5) is 0. The third-order valence-electron chi connectivity index (χ3n) is 0.878. The molecule has 0 aliphatic carbocycles. The van der Waals surface area contributed by atoms with Gasteiger partial charge in [-0.15, -0.1) is 0 Å². The van der Waals surface area contributed by atoms with Gasteiger partial charge in [0.15, 0.2) is 0 Å². The minimum Gasteiger partial charge on any atom is -0.394 e. The van der Waals surface area contributed by atoms with E-state index in [1.807, 2.05) is 0 Å². The van der Waals surface area contributed by atoms with E-state index in [1.165, 1.54) is 0 Å². The molecule has 0 spiro atoms. The van der Waals surface area contributed by atoms with Crippen LogP contribution in [0.4, 0.5) is 0 Å². The van der Waals surface area contributed by atoms with Gasteiger partial charge in [-0.25, -0.2) is 0 Å². The van der Waals surface area contributed by atoms with Gasteiger partial charge >= 0.3 is 0 Å². The molecule has 0 aromatic heterocycles. The summed E-state index contributed by atoms with van der Waals surface area (Å²) >= 11 is 0. The van der Waals surface area contributed by atoms with Gasteiger partial charge in [0, 0.05) is 27.7 Å². The Hall–Kier alpha value is 0.608. The van der Waals surface area contributed by atoms with Gasteiger partial charge in [-0.2, -0.15) is 0 Å². The van der Waals surface area contributed by atoms with E-state index in [9.17, 15) is 0 Å². The number of aliphatic hydroxyl groups excluding tert-OH is 1. The zero-order valence-corrected chi connectivity index (χ0v) is 8.73. The molecule has 0 heterocycles. The standard InChI is InChI=1S/C6H14O2.W/c1-2-3-5-8-6-4-7;/h7H,2-6H2,1H3;. The quantitative estimate of drug-likeness (QED) is 0.761. The first-order valence-electron chi connectivity index (χ1n) is 3.10. The molecule has 0 aliphatic heterocycles. The molecule has 0 atom stereocenters. The summed E-state index contributed by atoms with van der Waals surface area (Å²) < 4.78 is 4.97. The van der Waals surface area contributed by atoms with E-state index in [4.69, 9.17) is 9.84 Å². The maximum absolute atomic E-state index is 8.24. The van der Waals surface area contributed by atoms with Crippen molar-refractivity contribution in [2.75, 3.05) is 19.8 Å². The van der Waals surface area contributed by atoms with Crippen LogP contribution < -0.4 is 0 Å². The fourth-order valence-corrected chi connectivity index (χ4v) is 0.413. The molecule has 3 heteroatoms. The molecule has 0 saturated heterocycles. The van der Waals surface area contributed by atoms with E-state index in [1.54, 1.807) is 0 Å². The van der Waals surface area contributed by atoms with Crippen LogP contribution in [0.15, 0.2) is 0 Å². The van der Waals surface area contributed by atoms with Gasteiger partial charge in [-0.3, -0.25) is 0 Å². The van der Waals surface area contributed by atoms with Crippen LogP contribution in [0.1, 0.15) is 19.8 Å². The Kier molecular flexibility index (Phi) is 15.6. The second-order valence-corrected chi connectivity index (χ2v) is 1.69. The van der Waals surface area contributed by atoms with Crippen LogP contribution in [0.25, 0.3) is 0 Å². The Morgan fingerprint density at radius 2 is 2.00 bits per heavy atom. The number of rotatable bonds is 5. The molecule has 0 bridgehead atoms. The minimum atomic E-state index is 0. The first kappa shape index (κ1) is 12.3. The summed E-state index contributed by atoms with van der Waals surface area (Å²) in [6.45, 7) is 3.53. The predicted octanol–water partition coefficient (Wildman–Crippen LogP) is 0.793. The van der Waals surface area contributed by atoms with Crippen molar-refractivity contribution in [2.24, 2.45) is 0 Å². The summed E-state index contributed by atoms with van der Waals surface area (Å²) in [6.07, 6.45) is 2.26. The van der Waals surface area contributed by atoms with Crippen molar-refractivity contribution >= 4 is 0 Å². The van der Waals surface area contributed by atoms with Crippen LogP contribution in [0.5, 0.6) is 0 Å². The number of ether oxygens (including phenoxy) is 1. The fraction of sp³-hybridized carbons (Fsp3) is 1.00. The Morgan fingerprint density at radius 1 is 1.33 bits per heavy atom. The van der Waals surface area contributed by atoms with E-state index >= 15 is 0 Å². The van der Waals surface area contributed by atoms with Crippen LogP contribution in [0, 0.1) is 0 Å². The molecule has 0 unspecified atom stereocenters. The van der Waals surface area contributed by atoms with E-state index in [0.717, 1.165) is 19.4 Å². The summed E-state index contributed by atoms with van der Waals surface area (Å²) in [5.74, 6) is 0. The fourth-order valence-electron chi connectivity index (χ4n) is 0.413. The monoisotopic (exact) mass is 302 g/mol. The van der Waals surface area contributed by atoms with Crippen molar-refractivity contribution in [3.8, 4) is 0 Å². The van der Waals surface area contributed by atoms with Gasteiger partial charge in [0.25, 0.3) is 0 Å². The number of hydrogen-bond donors (Lipinski definition) is 1. The zero-order valence-electron chi connectivity index (χ0n) is 5.80. The van der Waals surface area contributed by atoms with Crippen molar-refractivity contribution < 1.29 is 30.9 Å². The molecule has 0 saturated carbocycles. The molecule has 0 radical (unpaired) electrons. The molecular weight excluding hydrogens is 288 g/mol. The molecule has 0 fully saturated rings. The van der Waals surface area contributed by atoms with Crippen LogP contribution in [0.3, 0.4) is 0 Å². The van der Waals surface area contributed by atoms with Crippen LogP contribution in [-0.2, 0) is 25.8 Å². The Bertz CT molecular complexity index is 36.0. The van der Waals surface area contributed by atoms with Crippen LogP contribution in [0.2, 0.25) is 0 Å². The molecular formula is C6H14O2W. The SMILES string of the molecule is CCCCOCCO.[W]. The number of aliphatic hydroxyl groups is 1. The molecule has 2 nitrogen and oxygen atoms in total. The zero-order chi connectivity index (χ0) is 6.24. The van der Waals surface area contributed by atoms with Gasteiger partial charge in [0.2, 0.25) is 0 Å². The van der Waals surface area contributed by atoms with Crippen LogP contribution >= 0.6 is 0 Å². The first-order chi connectivity index (χ1) is 3.91. The van der Waals surface area contributed by atoms with E-state index < -0.39 is 0 Å². The van der Waals surface area contributed by atoms with Crippen molar-refractivity contribution in [1.29, 1.82) is 0 Å². The largest absolute Gasteiger partial charge is 0.394 e. The molecule has 0 aromatic carbocycles. The van der Waals surface area contributed by atoms with Gasteiger partial charge in [-0.05, 0) is 6.42 Å². The van der Waals surface area contributed by atoms with Crippen molar-refractivity contribution in [3.05, 3.63) is 0 Å². The molecule has 0 aromatic rings. The second-order valence-electron chi connectivity index (χ2n) is 1.69. The summed E-state index contributed by atoms with van der Waals surface area (Å²) in [7, 11) is 0. The van der Waals surface area contributed by atoms with Gasteiger partial charge in [0.1, 0.15) is 0 Å². The maximum atomic E-state index is 8.24. The third kappa shape index (κ3) is 12.0. The van der Waals surface area contributed by atoms with Crippen molar-refractivity contribution in [1.82, 2.24) is 0 Å². The summed E-state index contributed by atoms with van der Waals surface area (Å²) in [5, 5.41) is 8.24. The minimum absolute atomic E-state index is 0. The number of hydrogen-bond acceptors (Lipinski definition) is 2. The third-order valence-corrected chi connectivity index (χ3v) is 0.878. The summed E-state index contributed by atoms with van der Waals surface area (Å²) in [5.41, 5.74) is 0. The van der Waals surface area contributed by atoms with E-state index in [-0.39, 0.29) is 27.7 Å². The van der Waals surface area contributed by atoms with E-state index in [0.29, 0.717) is 6.61 Å². The van der Waals surface area contributed by atoms with Gasteiger partial charge in [0.05, 0.1) is 13.2 Å². The Labute approximate surface area is 70.9 Å². The van der Waals surface area contributed by atoms with Gasteiger partial charge < -0.3 is 9.84 Å². The molecule has 1 N–H and O–H groups in total. The van der Waals surface area contributed by atoms with E-state index in [2.05, 4.69) is 6.92 Å². The predicted molar refractivity (Wildman–Crippen MR) is 32.8 cm³/mol. The number of unbranched alkanes of at least 4 members (excludes halogenated alkanes) is 1. The topological polar surface area (TPSA) is 29.5 Å². The molecule has 9 heavy (non-hydrogen) atoms. The van der Waals surface area contributed by atoms with Crippen molar-refractivity contribution in [2.45, 2.75) is 19.8 Å². The van der Waals surface area contributed by atoms with Crippen molar-refractivity contribution in [3.63, 3.8) is 0 Å². The van der Waals surface area contributed by atoms with Gasteiger partial charge in [-0.1, -0.05) is 13.3 Å². The average molecular weight is 302 g/mol. The van der Waals surface area contributed by atoms with Crippen LogP contribution in [-0.4, -0.2) is 24.9 Å². The summed E-state index contributed by atoms with van der Waals surface area (Å²) in [6, 6.07) is 0. The molecule has 0 rings (SSSR count). The maximum Gasteiger partial charge on any atom is 0.0697 e. The Morgan fingerprint density at radius 3 is 2.44 bits per heavy atom. The smallest absolute Gasteiger partial charge is 0.0697 e. The molecule has 0 amide bonds. The second kappa shape index (κ2) is 11.4. The Balaban J connectivity index is 0. The first-order valence-corrected chi connectivity index (χ1v) is 3.10. The average Bonchev–Trinajstić information content (AvgIpc) is 1.81. The molecule has 56 valence electrons.